The van der Waals surface area contributed by atoms with E-state index in [1.165, 1.54) is 19.3 Å². The van der Waals surface area contributed by atoms with Gasteiger partial charge in [0, 0.05) is 19.6 Å². The van der Waals surface area contributed by atoms with Gasteiger partial charge in [0.2, 0.25) is 11.9 Å². The van der Waals surface area contributed by atoms with Crippen LogP contribution in [0.2, 0.25) is 0 Å². The molecule has 0 spiro atoms. The van der Waals surface area contributed by atoms with Crippen molar-refractivity contribution in [3.05, 3.63) is 0 Å². The maximum absolute atomic E-state index is 5.44. The Labute approximate surface area is 121 Å². The van der Waals surface area contributed by atoms with Crippen molar-refractivity contribution < 1.29 is 4.74 Å². The van der Waals surface area contributed by atoms with Gasteiger partial charge < -0.3 is 15.0 Å². The van der Waals surface area contributed by atoms with Crippen molar-refractivity contribution in [2.24, 2.45) is 5.92 Å². The standard InChI is InChI=1S/C14H25N5O/c1-4-7-11-8-9-19(10-11)13-16-12(15-5-2)17-14(18-13)20-6-3/h11H,4-10H2,1-3H3,(H,15,16,17,18). The third-order valence-corrected chi connectivity index (χ3v) is 3.48. The molecule has 1 unspecified atom stereocenters. The molecule has 6 heteroatoms. The molecule has 20 heavy (non-hydrogen) atoms. The molecule has 1 atom stereocenters. The highest BCUT2D eigenvalue weighted by Crippen LogP contribution is 2.25. The zero-order chi connectivity index (χ0) is 14.4. The molecule has 2 heterocycles. The summed E-state index contributed by atoms with van der Waals surface area (Å²) in [4.78, 5) is 15.4. The van der Waals surface area contributed by atoms with Crippen LogP contribution in [0, 0.1) is 5.92 Å². The van der Waals surface area contributed by atoms with Crippen molar-refractivity contribution in [2.45, 2.75) is 40.0 Å². The number of aromatic nitrogens is 3. The Kier molecular flexibility index (Phi) is 5.38. The third kappa shape index (κ3) is 3.71. The summed E-state index contributed by atoms with van der Waals surface area (Å²) in [7, 11) is 0. The van der Waals surface area contributed by atoms with Crippen molar-refractivity contribution >= 4 is 11.9 Å². The van der Waals surface area contributed by atoms with E-state index >= 15 is 0 Å². The largest absolute Gasteiger partial charge is 0.464 e. The predicted octanol–water partition coefficient (Wildman–Crippen LogP) is 2.33. The van der Waals surface area contributed by atoms with E-state index in [-0.39, 0.29) is 0 Å². The monoisotopic (exact) mass is 279 g/mol. The van der Waals surface area contributed by atoms with E-state index in [1.54, 1.807) is 0 Å². The molecule has 0 radical (unpaired) electrons. The first-order chi connectivity index (χ1) is 9.76. The second kappa shape index (κ2) is 7.26. The Morgan fingerprint density at radius 3 is 2.80 bits per heavy atom. The molecule has 2 rings (SSSR count). The molecular weight excluding hydrogens is 254 g/mol. The summed E-state index contributed by atoms with van der Waals surface area (Å²) in [5.41, 5.74) is 0. The van der Waals surface area contributed by atoms with Crippen molar-refractivity contribution in [3.63, 3.8) is 0 Å². The minimum absolute atomic E-state index is 0.410. The zero-order valence-corrected chi connectivity index (χ0v) is 12.7. The van der Waals surface area contributed by atoms with Gasteiger partial charge in [-0.25, -0.2) is 0 Å². The van der Waals surface area contributed by atoms with Gasteiger partial charge in [-0.05, 0) is 32.6 Å². The van der Waals surface area contributed by atoms with Crippen molar-refractivity contribution in [2.75, 3.05) is 36.5 Å². The number of rotatable bonds is 7. The van der Waals surface area contributed by atoms with Gasteiger partial charge >= 0.3 is 6.01 Å². The summed E-state index contributed by atoms with van der Waals surface area (Å²) in [6.07, 6.45) is 3.74. The molecule has 0 saturated carbocycles. The van der Waals surface area contributed by atoms with E-state index in [0.717, 1.165) is 31.5 Å². The lowest BCUT2D eigenvalue weighted by Gasteiger charge is -2.17. The fraction of sp³-hybridized carbons (Fsp3) is 0.786. The Hall–Kier alpha value is -1.59. The Morgan fingerprint density at radius 2 is 2.10 bits per heavy atom. The highest BCUT2D eigenvalue weighted by molar-refractivity contribution is 5.39. The van der Waals surface area contributed by atoms with Crippen LogP contribution >= 0.6 is 0 Å². The Bertz CT molecular complexity index is 402. The van der Waals surface area contributed by atoms with E-state index in [4.69, 9.17) is 4.74 Å². The molecule has 0 aliphatic carbocycles. The van der Waals surface area contributed by atoms with Gasteiger partial charge in [0.05, 0.1) is 6.61 Å². The molecule has 1 saturated heterocycles. The van der Waals surface area contributed by atoms with Crippen LogP contribution in [-0.2, 0) is 0 Å². The maximum Gasteiger partial charge on any atom is 0.323 e. The summed E-state index contributed by atoms with van der Waals surface area (Å²) < 4.78 is 5.44. The topological polar surface area (TPSA) is 63.2 Å². The van der Waals surface area contributed by atoms with Crippen LogP contribution in [0.5, 0.6) is 6.01 Å². The van der Waals surface area contributed by atoms with Gasteiger partial charge in [-0.3, -0.25) is 0 Å². The zero-order valence-electron chi connectivity index (χ0n) is 12.7. The number of ether oxygens (including phenoxy) is 1. The first-order valence-electron chi connectivity index (χ1n) is 7.64. The van der Waals surface area contributed by atoms with Crippen molar-refractivity contribution in [1.29, 1.82) is 0 Å². The van der Waals surface area contributed by atoms with Crippen molar-refractivity contribution in [3.8, 4) is 6.01 Å². The van der Waals surface area contributed by atoms with Crippen LogP contribution in [0.25, 0.3) is 0 Å². The molecule has 1 aromatic heterocycles. The lowest BCUT2D eigenvalue weighted by molar-refractivity contribution is 0.312. The number of hydrogen-bond donors (Lipinski definition) is 1. The van der Waals surface area contributed by atoms with Crippen LogP contribution < -0.4 is 15.0 Å². The first-order valence-corrected chi connectivity index (χ1v) is 7.64. The molecule has 1 aliphatic heterocycles. The van der Waals surface area contributed by atoms with Gasteiger partial charge in [-0.15, -0.1) is 0 Å². The number of hydrogen-bond acceptors (Lipinski definition) is 6. The smallest absolute Gasteiger partial charge is 0.323 e. The van der Waals surface area contributed by atoms with E-state index in [9.17, 15) is 0 Å². The predicted molar refractivity (Wildman–Crippen MR) is 80.4 cm³/mol. The van der Waals surface area contributed by atoms with Crippen LogP contribution in [0.4, 0.5) is 11.9 Å². The normalized spacial score (nSPS) is 18.4. The van der Waals surface area contributed by atoms with Gasteiger partial charge in [0.1, 0.15) is 0 Å². The summed E-state index contributed by atoms with van der Waals surface area (Å²) in [6, 6.07) is 0.410. The van der Waals surface area contributed by atoms with Crippen molar-refractivity contribution in [1.82, 2.24) is 15.0 Å². The summed E-state index contributed by atoms with van der Waals surface area (Å²) in [5.74, 6) is 2.09. The first kappa shape index (κ1) is 14.8. The fourth-order valence-corrected chi connectivity index (χ4v) is 2.58. The molecule has 0 aromatic carbocycles. The molecule has 1 aromatic rings. The molecule has 0 amide bonds. The number of nitrogens with one attached hydrogen (secondary N) is 1. The van der Waals surface area contributed by atoms with Crippen LogP contribution in [0.3, 0.4) is 0 Å². The van der Waals surface area contributed by atoms with E-state index in [0.29, 0.717) is 18.6 Å². The van der Waals surface area contributed by atoms with Gasteiger partial charge in [0.25, 0.3) is 0 Å². The highest BCUT2D eigenvalue weighted by atomic mass is 16.5. The maximum atomic E-state index is 5.44. The second-order valence-electron chi connectivity index (χ2n) is 5.09. The van der Waals surface area contributed by atoms with Crippen LogP contribution in [0.15, 0.2) is 0 Å². The third-order valence-electron chi connectivity index (χ3n) is 3.48. The SMILES string of the molecule is CCCC1CCN(c2nc(NCC)nc(OCC)n2)C1. The molecular formula is C14H25N5O. The minimum Gasteiger partial charge on any atom is -0.464 e. The average Bonchev–Trinajstić information content (AvgIpc) is 2.88. The second-order valence-corrected chi connectivity index (χ2v) is 5.09. The summed E-state index contributed by atoms with van der Waals surface area (Å²) in [6.45, 7) is 9.60. The Morgan fingerprint density at radius 1 is 1.25 bits per heavy atom. The average molecular weight is 279 g/mol. The van der Waals surface area contributed by atoms with E-state index < -0.39 is 0 Å². The van der Waals surface area contributed by atoms with E-state index in [1.807, 2.05) is 13.8 Å². The highest BCUT2D eigenvalue weighted by Gasteiger charge is 2.24. The molecule has 1 fully saturated rings. The van der Waals surface area contributed by atoms with Crippen LogP contribution in [-0.4, -0.2) is 41.2 Å². The Balaban J connectivity index is 2.13. The fourth-order valence-electron chi connectivity index (χ4n) is 2.58. The van der Waals surface area contributed by atoms with Gasteiger partial charge in [-0.1, -0.05) is 13.3 Å². The van der Waals surface area contributed by atoms with Gasteiger partial charge in [-0.2, -0.15) is 15.0 Å². The van der Waals surface area contributed by atoms with E-state index in [2.05, 4.69) is 32.1 Å². The quantitative estimate of drug-likeness (QED) is 0.826. The number of nitrogens with zero attached hydrogens (tertiary/aromatic N) is 4. The molecule has 112 valence electrons. The molecule has 1 N–H and O–H groups in total. The summed E-state index contributed by atoms with van der Waals surface area (Å²) in [5, 5.41) is 3.14. The lowest BCUT2D eigenvalue weighted by atomic mass is 10.0. The molecule has 1 aliphatic rings. The number of anilines is 2. The van der Waals surface area contributed by atoms with Gasteiger partial charge in [0.15, 0.2) is 0 Å². The summed E-state index contributed by atoms with van der Waals surface area (Å²) >= 11 is 0. The minimum atomic E-state index is 0.410. The lowest BCUT2D eigenvalue weighted by Crippen LogP contribution is -2.23. The van der Waals surface area contributed by atoms with Crippen LogP contribution in [0.1, 0.15) is 40.0 Å². The molecule has 0 bridgehead atoms. The molecule has 6 nitrogen and oxygen atoms in total.